The number of benzene rings is 1. The highest BCUT2D eigenvalue weighted by Crippen LogP contribution is 2.37. The third-order valence-electron chi connectivity index (χ3n) is 3.69. The van der Waals surface area contributed by atoms with Crippen LogP contribution in [0, 0.1) is 0 Å². The van der Waals surface area contributed by atoms with Crippen LogP contribution in [-0.4, -0.2) is 53.0 Å². The minimum atomic E-state index is -0.593. The molecule has 0 saturated carbocycles. The van der Waals surface area contributed by atoms with Gasteiger partial charge in [-0.3, -0.25) is 9.59 Å². The van der Waals surface area contributed by atoms with Gasteiger partial charge in [-0.1, -0.05) is 28.1 Å². The number of nitrogens with one attached hydrogen (secondary N) is 1. The van der Waals surface area contributed by atoms with E-state index in [0.717, 1.165) is 10.0 Å². The summed E-state index contributed by atoms with van der Waals surface area (Å²) in [6, 6.07) is 6.70. The molecule has 0 aromatic heterocycles. The molecule has 0 unspecified atom stereocenters. The van der Waals surface area contributed by atoms with Crippen LogP contribution < -0.4 is 5.32 Å². The average molecular weight is 383 g/mol. The monoisotopic (exact) mass is 382 g/mol. The van der Waals surface area contributed by atoms with E-state index in [2.05, 4.69) is 21.2 Å². The highest BCUT2D eigenvalue weighted by molar-refractivity contribution is 9.10. The van der Waals surface area contributed by atoms with Crippen molar-refractivity contribution in [3.05, 3.63) is 45.6 Å². The van der Waals surface area contributed by atoms with Gasteiger partial charge in [-0.15, -0.1) is 0 Å². The zero-order valence-corrected chi connectivity index (χ0v) is 14.3. The molecule has 1 amide bonds. The van der Waals surface area contributed by atoms with Crippen molar-refractivity contribution in [1.82, 2.24) is 10.2 Å². The standard InChI is InChI=1S/C16H19BrN2O4/c1-10(21)13-14(11-2-4-12(17)5-3-11)19(16(23)15(13)22)8-6-18-7-9-20/h2-5,14,18,20,22H,6-9H2,1H3/t14-/m1/s1. The Hall–Kier alpha value is -1.70. The number of hydrogen-bond donors (Lipinski definition) is 3. The minimum absolute atomic E-state index is 0.00623. The van der Waals surface area contributed by atoms with Crippen LogP contribution in [0.5, 0.6) is 0 Å². The molecular formula is C16H19BrN2O4. The van der Waals surface area contributed by atoms with Crippen LogP contribution in [0.4, 0.5) is 0 Å². The summed E-state index contributed by atoms with van der Waals surface area (Å²) in [6.45, 7) is 2.55. The Morgan fingerprint density at radius 1 is 1.30 bits per heavy atom. The number of Topliss-reactive ketones (excluding diaryl/α,β-unsaturated/α-hetero) is 1. The molecule has 0 radical (unpaired) electrons. The Balaban J connectivity index is 2.31. The SMILES string of the molecule is CC(=O)C1=C(O)C(=O)N(CCNCCO)[C@@H]1c1ccc(Br)cc1. The van der Waals surface area contributed by atoms with E-state index < -0.39 is 17.7 Å². The lowest BCUT2D eigenvalue weighted by Crippen LogP contribution is -2.37. The molecule has 3 N–H and O–H groups in total. The van der Waals surface area contributed by atoms with Gasteiger partial charge in [0.1, 0.15) is 0 Å². The number of halogens is 1. The number of ketones is 1. The predicted octanol–water partition coefficient (Wildman–Crippen LogP) is 1.32. The van der Waals surface area contributed by atoms with E-state index in [9.17, 15) is 14.7 Å². The molecule has 0 bridgehead atoms. The summed E-state index contributed by atoms with van der Waals surface area (Å²) in [5.74, 6) is -1.35. The van der Waals surface area contributed by atoms with Crippen LogP contribution in [0.1, 0.15) is 18.5 Å². The number of carbonyl (C=O) groups is 2. The number of aliphatic hydroxyl groups excluding tert-OH is 2. The van der Waals surface area contributed by atoms with E-state index in [1.807, 2.05) is 24.3 Å². The zero-order valence-electron chi connectivity index (χ0n) is 12.8. The van der Waals surface area contributed by atoms with Gasteiger partial charge in [0, 0.05) is 24.1 Å². The van der Waals surface area contributed by atoms with Gasteiger partial charge in [0.15, 0.2) is 11.5 Å². The highest BCUT2D eigenvalue weighted by Gasteiger charge is 2.41. The quantitative estimate of drug-likeness (QED) is 0.618. The van der Waals surface area contributed by atoms with Gasteiger partial charge in [0.2, 0.25) is 0 Å². The first-order chi connectivity index (χ1) is 11.0. The van der Waals surface area contributed by atoms with Crippen molar-refractivity contribution in [2.24, 2.45) is 0 Å². The Labute approximate surface area is 142 Å². The largest absolute Gasteiger partial charge is 0.503 e. The number of amides is 1. The summed E-state index contributed by atoms with van der Waals surface area (Å²) in [7, 11) is 0. The van der Waals surface area contributed by atoms with E-state index in [1.165, 1.54) is 11.8 Å². The summed E-state index contributed by atoms with van der Waals surface area (Å²) in [6.07, 6.45) is 0. The lowest BCUT2D eigenvalue weighted by atomic mass is 9.97. The van der Waals surface area contributed by atoms with Gasteiger partial charge < -0.3 is 20.4 Å². The highest BCUT2D eigenvalue weighted by atomic mass is 79.9. The fraction of sp³-hybridized carbons (Fsp3) is 0.375. The molecule has 6 nitrogen and oxygen atoms in total. The van der Waals surface area contributed by atoms with E-state index in [-0.39, 0.29) is 18.0 Å². The molecule has 1 aromatic carbocycles. The number of rotatable bonds is 7. The van der Waals surface area contributed by atoms with E-state index >= 15 is 0 Å². The smallest absolute Gasteiger partial charge is 0.290 e. The second-order valence-electron chi connectivity index (χ2n) is 5.24. The molecule has 23 heavy (non-hydrogen) atoms. The molecule has 0 spiro atoms. The summed E-state index contributed by atoms with van der Waals surface area (Å²) >= 11 is 3.35. The first-order valence-electron chi connectivity index (χ1n) is 7.29. The van der Waals surface area contributed by atoms with Crippen molar-refractivity contribution in [3.8, 4) is 0 Å². The molecule has 1 atom stereocenters. The van der Waals surface area contributed by atoms with Gasteiger partial charge in [-0.25, -0.2) is 0 Å². The minimum Gasteiger partial charge on any atom is -0.503 e. The Morgan fingerprint density at radius 2 is 1.96 bits per heavy atom. The van der Waals surface area contributed by atoms with E-state index in [4.69, 9.17) is 5.11 Å². The van der Waals surface area contributed by atoms with E-state index in [1.54, 1.807) is 0 Å². The van der Waals surface area contributed by atoms with Crippen LogP contribution in [-0.2, 0) is 9.59 Å². The Bertz CT molecular complexity index is 627. The van der Waals surface area contributed by atoms with Gasteiger partial charge >= 0.3 is 0 Å². The second kappa shape index (κ2) is 7.72. The van der Waals surface area contributed by atoms with Crippen LogP contribution in [0.25, 0.3) is 0 Å². The van der Waals surface area contributed by atoms with Crippen LogP contribution in [0.15, 0.2) is 40.1 Å². The summed E-state index contributed by atoms with van der Waals surface area (Å²) < 4.78 is 0.888. The molecular weight excluding hydrogens is 364 g/mol. The summed E-state index contributed by atoms with van der Waals surface area (Å²) in [4.78, 5) is 25.7. The van der Waals surface area contributed by atoms with Crippen LogP contribution >= 0.6 is 15.9 Å². The molecule has 7 heteroatoms. The zero-order chi connectivity index (χ0) is 17.0. The molecule has 0 fully saturated rings. The number of carbonyl (C=O) groups excluding carboxylic acids is 2. The van der Waals surface area contributed by atoms with Gasteiger partial charge in [-0.05, 0) is 24.6 Å². The third-order valence-corrected chi connectivity index (χ3v) is 4.22. The molecule has 1 aliphatic rings. The number of nitrogens with zero attached hydrogens (tertiary/aromatic N) is 1. The topological polar surface area (TPSA) is 89.9 Å². The van der Waals surface area contributed by atoms with E-state index in [0.29, 0.717) is 19.6 Å². The van der Waals surface area contributed by atoms with Crippen molar-refractivity contribution >= 4 is 27.6 Å². The van der Waals surface area contributed by atoms with Crippen LogP contribution in [0.3, 0.4) is 0 Å². The lowest BCUT2D eigenvalue weighted by molar-refractivity contribution is -0.129. The number of aliphatic hydroxyl groups is 2. The van der Waals surface area contributed by atoms with Gasteiger partial charge in [-0.2, -0.15) is 0 Å². The van der Waals surface area contributed by atoms with Crippen molar-refractivity contribution in [2.45, 2.75) is 13.0 Å². The fourth-order valence-electron chi connectivity index (χ4n) is 2.64. The van der Waals surface area contributed by atoms with Gasteiger partial charge in [0.05, 0.1) is 18.2 Å². The fourth-order valence-corrected chi connectivity index (χ4v) is 2.90. The molecule has 1 aromatic rings. The molecule has 0 saturated heterocycles. The van der Waals surface area contributed by atoms with Crippen molar-refractivity contribution in [3.63, 3.8) is 0 Å². The number of hydrogen-bond acceptors (Lipinski definition) is 5. The average Bonchev–Trinajstić information content (AvgIpc) is 2.77. The maximum atomic E-state index is 12.3. The van der Waals surface area contributed by atoms with Crippen molar-refractivity contribution in [2.75, 3.05) is 26.2 Å². The maximum absolute atomic E-state index is 12.3. The third kappa shape index (κ3) is 3.80. The normalized spacial score (nSPS) is 18.0. The molecule has 124 valence electrons. The molecule has 2 rings (SSSR count). The summed E-state index contributed by atoms with van der Waals surface area (Å²) in [5, 5.41) is 21.9. The maximum Gasteiger partial charge on any atom is 0.290 e. The molecule has 1 aliphatic heterocycles. The Morgan fingerprint density at radius 3 is 2.52 bits per heavy atom. The molecule has 0 aliphatic carbocycles. The second-order valence-corrected chi connectivity index (χ2v) is 6.16. The van der Waals surface area contributed by atoms with Crippen LogP contribution in [0.2, 0.25) is 0 Å². The first-order valence-corrected chi connectivity index (χ1v) is 8.08. The van der Waals surface area contributed by atoms with Gasteiger partial charge in [0.25, 0.3) is 5.91 Å². The molecule has 1 heterocycles. The Kier molecular flexibility index (Phi) is 5.92. The summed E-state index contributed by atoms with van der Waals surface area (Å²) in [5.41, 5.74) is 0.887. The van der Waals surface area contributed by atoms with Crippen molar-refractivity contribution in [1.29, 1.82) is 0 Å². The first kappa shape index (κ1) is 17.7. The lowest BCUT2D eigenvalue weighted by Gasteiger charge is -2.26. The van der Waals surface area contributed by atoms with Crippen molar-refractivity contribution < 1.29 is 19.8 Å². The predicted molar refractivity (Wildman–Crippen MR) is 88.9 cm³/mol.